The molecule has 0 saturated carbocycles. The molecule has 0 spiro atoms. The van der Waals surface area contributed by atoms with Crippen molar-refractivity contribution in [2.45, 2.75) is 34.2 Å². The van der Waals surface area contributed by atoms with Gasteiger partial charge in [-0.1, -0.05) is 52.0 Å². The molecular weight excluding hydrogens is 360 g/mol. The highest BCUT2D eigenvalue weighted by Gasteiger charge is 2.19. The Labute approximate surface area is 174 Å². The first-order valence-electron chi connectivity index (χ1n) is 10.4. The topological polar surface area (TPSA) is 50.9 Å². The molecule has 1 aliphatic heterocycles. The molecule has 0 unspecified atom stereocenters. The zero-order chi connectivity index (χ0) is 21.4. The standard InChI is InChI=1S/C10H11N3.C9H11N3.2C2H6/c1-12-6-7-13-9-5-3-2-4-8(9)11-10(12)13;1-10-9-11-7-5-3-4-6-8(7)12(9)2;2*1-2/h2-5H,6-7H2,1H3;3-6H,1-2H3,(H,10,11);2*1-2H3. The van der Waals surface area contributed by atoms with E-state index in [4.69, 9.17) is 0 Å². The third kappa shape index (κ3) is 4.53. The van der Waals surface area contributed by atoms with Crippen molar-refractivity contribution in [2.75, 3.05) is 30.9 Å². The smallest absolute Gasteiger partial charge is 0.206 e. The summed E-state index contributed by atoms with van der Waals surface area (Å²) < 4.78 is 4.31. The fourth-order valence-electron chi connectivity index (χ4n) is 3.29. The van der Waals surface area contributed by atoms with Crippen LogP contribution >= 0.6 is 0 Å². The Morgan fingerprint density at radius 3 is 1.90 bits per heavy atom. The lowest BCUT2D eigenvalue weighted by Crippen LogP contribution is -2.13. The number of para-hydroxylation sites is 4. The van der Waals surface area contributed by atoms with Crippen molar-refractivity contribution in [3.05, 3.63) is 48.5 Å². The van der Waals surface area contributed by atoms with E-state index in [1.165, 1.54) is 5.52 Å². The van der Waals surface area contributed by atoms with Gasteiger partial charge in [0.2, 0.25) is 11.9 Å². The summed E-state index contributed by atoms with van der Waals surface area (Å²) in [5, 5.41) is 3.04. The van der Waals surface area contributed by atoms with E-state index in [-0.39, 0.29) is 0 Å². The molecule has 1 N–H and O–H groups in total. The maximum Gasteiger partial charge on any atom is 0.206 e. The van der Waals surface area contributed by atoms with Crippen LogP contribution in [0.25, 0.3) is 22.1 Å². The summed E-state index contributed by atoms with van der Waals surface area (Å²) >= 11 is 0. The number of rotatable bonds is 1. The first kappa shape index (κ1) is 22.3. The molecule has 0 bridgehead atoms. The van der Waals surface area contributed by atoms with Gasteiger partial charge in [-0.05, 0) is 24.3 Å². The van der Waals surface area contributed by atoms with Crippen LogP contribution in [0.4, 0.5) is 11.9 Å². The molecule has 3 heterocycles. The molecular formula is C23H34N6. The first-order valence-corrected chi connectivity index (χ1v) is 10.4. The maximum atomic E-state index is 4.56. The third-order valence-electron chi connectivity index (χ3n) is 4.65. The van der Waals surface area contributed by atoms with Gasteiger partial charge in [0.1, 0.15) is 0 Å². The van der Waals surface area contributed by atoms with Gasteiger partial charge in [0.25, 0.3) is 0 Å². The largest absolute Gasteiger partial charge is 0.359 e. The average molecular weight is 395 g/mol. The van der Waals surface area contributed by atoms with E-state index in [1.807, 2.05) is 70.6 Å². The number of imidazole rings is 2. The summed E-state index contributed by atoms with van der Waals surface area (Å²) in [4.78, 5) is 11.1. The summed E-state index contributed by atoms with van der Waals surface area (Å²) in [5.41, 5.74) is 4.54. The molecule has 156 valence electrons. The van der Waals surface area contributed by atoms with E-state index in [0.29, 0.717) is 0 Å². The van der Waals surface area contributed by atoms with Crippen LogP contribution in [0, 0.1) is 0 Å². The number of hydrogen-bond acceptors (Lipinski definition) is 4. The number of hydrogen-bond donors (Lipinski definition) is 1. The van der Waals surface area contributed by atoms with Crippen LogP contribution in [0.15, 0.2) is 48.5 Å². The zero-order valence-electron chi connectivity index (χ0n) is 18.8. The summed E-state index contributed by atoms with van der Waals surface area (Å²) in [5.74, 6) is 2.00. The minimum absolute atomic E-state index is 0.899. The number of likely N-dealkylation sites (N-methyl/N-ethyl adjacent to an activating group) is 1. The van der Waals surface area contributed by atoms with Crippen LogP contribution in [0.3, 0.4) is 0 Å². The number of nitrogens with zero attached hydrogens (tertiary/aromatic N) is 5. The predicted octanol–water partition coefficient (Wildman–Crippen LogP) is 5.15. The van der Waals surface area contributed by atoms with Crippen molar-refractivity contribution in [1.29, 1.82) is 0 Å². The van der Waals surface area contributed by atoms with Crippen LogP contribution in [0.1, 0.15) is 27.7 Å². The Bertz CT molecular complexity index is 1030. The van der Waals surface area contributed by atoms with Gasteiger partial charge < -0.3 is 19.4 Å². The normalized spacial score (nSPS) is 11.6. The number of benzene rings is 2. The number of anilines is 2. The molecule has 0 amide bonds. The molecule has 0 aliphatic carbocycles. The summed E-state index contributed by atoms with van der Waals surface area (Å²) in [7, 11) is 5.97. The van der Waals surface area contributed by atoms with Crippen molar-refractivity contribution < 1.29 is 0 Å². The molecule has 6 heteroatoms. The van der Waals surface area contributed by atoms with Crippen LogP contribution in [0.2, 0.25) is 0 Å². The lowest BCUT2D eigenvalue weighted by Gasteiger charge is -2.04. The van der Waals surface area contributed by atoms with Crippen LogP contribution in [-0.4, -0.2) is 39.7 Å². The van der Waals surface area contributed by atoms with E-state index in [0.717, 1.165) is 41.5 Å². The summed E-state index contributed by atoms with van der Waals surface area (Å²) in [6, 6.07) is 16.4. The first-order chi connectivity index (χ1) is 14.2. The van der Waals surface area contributed by atoms with Crippen molar-refractivity contribution >= 4 is 34.0 Å². The molecule has 1 aliphatic rings. The van der Waals surface area contributed by atoms with Gasteiger partial charge in [-0.15, -0.1) is 0 Å². The van der Waals surface area contributed by atoms with Crippen molar-refractivity contribution in [2.24, 2.45) is 7.05 Å². The number of aromatic nitrogens is 4. The second-order valence-electron chi connectivity index (χ2n) is 6.21. The lowest BCUT2D eigenvalue weighted by molar-refractivity contribution is 0.818. The van der Waals surface area contributed by atoms with E-state index < -0.39 is 0 Å². The molecule has 0 fully saturated rings. The number of nitrogens with one attached hydrogen (secondary N) is 1. The van der Waals surface area contributed by atoms with Crippen molar-refractivity contribution in [3.8, 4) is 0 Å². The van der Waals surface area contributed by atoms with Gasteiger partial charge in [-0.2, -0.15) is 0 Å². The highest BCUT2D eigenvalue weighted by Crippen LogP contribution is 2.25. The molecule has 0 atom stereocenters. The molecule has 0 radical (unpaired) electrons. The Morgan fingerprint density at radius 2 is 1.31 bits per heavy atom. The van der Waals surface area contributed by atoms with E-state index >= 15 is 0 Å². The summed E-state index contributed by atoms with van der Waals surface area (Å²) in [6.07, 6.45) is 0. The minimum atomic E-state index is 0.899. The number of aryl methyl sites for hydroxylation is 1. The maximum absolute atomic E-state index is 4.56. The number of fused-ring (bicyclic) bond motifs is 4. The average Bonchev–Trinajstić information content (AvgIpc) is 3.44. The Morgan fingerprint density at radius 1 is 0.759 bits per heavy atom. The fourth-order valence-corrected chi connectivity index (χ4v) is 3.29. The quantitative estimate of drug-likeness (QED) is 0.485. The van der Waals surface area contributed by atoms with E-state index in [2.05, 4.69) is 56.1 Å². The van der Waals surface area contributed by atoms with Gasteiger partial charge in [0.05, 0.1) is 22.1 Å². The van der Waals surface area contributed by atoms with Gasteiger partial charge >= 0.3 is 0 Å². The highest BCUT2D eigenvalue weighted by molar-refractivity contribution is 5.79. The molecule has 5 rings (SSSR count). The molecule has 29 heavy (non-hydrogen) atoms. The van der Waals surface area contributed by atoms with E-state index in [1.54, 1.807) is 0 Å². The Balaban J connectivity index is 0.000000178. The SMILES string of the molecule is CC.CC.CN1CCn2c1nc1ccccc12.CNc1nc2ccccc2n1C. The molecule has 4 aromatic rings. The van der Waals surface area contributed by atoms with Gasteiger partial charge in [0.15, 0.2) is 0 Å². The zero-order valence-corrected chi connectivity index (χ0v) is 18.8. The molecule has 6 nitrogen and oxygen atoms in total. The second-order valence-corrected chi connectivity index (χ2v) is 6.21. The third-order valence-corrected chi connectivity index (χ3v) is 4.65. The fraction of sp³-hybridized carbons (Fsp3) is 0.391. The van der Waals surface area contributed by atoms with Crippen LogP contribution in [-0.2, 0) is 13.6 Å². The van der Waals surface area contributed by atoms with Crippen LogP contribution in [0.5, 0.6) is 0 Å². The van der Waals surface area contributed by atoms with E-state index in [9.17, 15) is 0 Å². The van der Waals surface area contributed by atoms with Gasteiger partial charge in [0, 0.05) is 34.2 Å². The summed E-state index contributed by atoms with van der Waals surface area (Å²) in [6.45, 7) is 10.1. The Hall–Kier alpha value is -3.02. The van der Waals surface area contributed by atoms with Crippen molar-refractivity contribution in [3.63, 3.8) is 0 Å². The van der Waals surface area contributed by atoms with Gasteiger partial charge in [-0.3, -0.25) is 0 Å². The van der Waals surface area contributed by atoms with Gasteiger partial charge in [-0.25, -0.2) is 9.97 Å². The molecule has 2 aromatic heterocycles. The van der Waals surface area contributed by atoms with Crippen LogP contribution < -0.4 is 10.2 Å². The molecule has 2 aromatic carbocycles. The minimum Gasteiger partial charge on any atom is -0.359 e. The lowest BCUT2D eigenvalue weighted by atomic mass is 10.3. The predicted molar refractivity (Wildman–Crippen MR) is 126 cm³/mol. The molecule has 0 saturated heterocycles. The Kier molecular flexibility index (Phi) is 8.07. The second kappa shape index (κ2) is 10.5. The highest BCUT2D eigenvalue weighted by atomic mass is 15.3. The van der Waals surface area contributed by atoms with Crippen molar-refractivity contribution in [1.82, 2.24) is 19.1 Å². The monoisotopic (exact) mass is 394 g/mol.